The van der Waals surface area contributed by atoms with Crippen LogP contribution in [0.1, 0.15) is 21.5 Å². The smallest absolute Gasteiger partial charge is 0.284 e. The minimum atomic E-state index is -0.455. The van der Waals surface area contributed by atoms with E-state index in [9.17, 15) is 9.18 Å². The molecule has 0 fully saturated rings. The lowest BCUT2D eigenvalue weighted by Crippen LogP contribution is -2.26. The van der Waals surface area contributed by atoms with Gasteiger partial charge in [0.05, 0.1) is 36.2 Å². The number of ether oxygens (including phenoxy) is 2. The second-order valence-electron chi connectivity index (χ2n) is 6.92. The Morgan fingerprint density at radius 2 is 1.88 bits per heavy atom. The van der Waals surface area contributed by atoms with Crippen molar-refractivity contribution in [1.82, 2.24) is 4.98 Å². The number of halogens is 1. The van der Waals surface area contributed by atoms with Crippen LogP contribution in [0.25, 0.3) is 10.2 Å². The summed E-state index contributed by atoms with van der Waals surface area (Å²) in [5, 5.41) is 5.94. The number of methoxy groups -OCH3 is 2. The Bertz CT molecular complexity index is 1300. The van der Waals surface area contributed by atoms with Crippen LogP contribution in [-0.4, -0.2) is 31.3 Å². The molecule has 1 amide bonds. The molecule has 0 radical (unpaired) electrons. The van der Waals surface area contributed by atoms with Crippen molar-refractivity contribution in [3.63, 3.8) is 0 Å². The Balaban J connectivity index is 1.81. The van der Waals surface area contributed by atoms with Crippen molar-refractivity contribution in [3.05, 3.63) is 83.2 Å². The average molecular weight is 450 g/mol. The van der Waals surface area contributed by atoms with E-state index in [0.29, 0.717) is 26.8 Å². The number of thiazole rings is 1. The zero-order valence-corrected chi connectivity index (χ0v) is 18.5. The van der Waals surface area contributed by atoms with Gasteiger partial charge in [0.1, 0.15) is 5.82 Å². The Kier molecular flexibility index (Phi) is 6.13. The molecular weight excluding hydrogens is 429 g/mol. The normalized spacial score (nSPS) is 11.1. The minimum Gasteiger partial charge on any atom is -0.493 e. The number of anilines is 1. The van der Waals surface area contributed by atoms with Crippen molar-refractivity contribution >= 4 is 38.8 Å². The number of rotatable bonds is 6. The number of hydrogen-bond donors (Lipinski definition) is 0. The van der Waals surface area contributed by atoms with Crippen molar-refractivity contribution in [2.24, 2.45) is 5.10 Å². The van der Waals surface area contributed by atoms with E-state index < -0.39 is 5.91 Å². The molecule has 0 aliphatic carbocycles. The number of aryl methyl sites for hydroxylation is 1. The summed E-state index contributed by atoms with van der Waals surface area (Å²) in [5.41, 5.74) is 2.77. The number of nitrogens with zero attached hydrogens (tertiary/aromatic N) is 3. The summed E-state index contributed by atoms with van der Waals surface area (Å²) in [5.74, 6) is -0.110. The molecule has 0 aliphatic rings. The largest absolute Gasteiger partial charge is 0.493 e. The van der Waals surface area contributed by atoms with Gasteiger partial charge in [-0.15, -0.1) is 0 Å². The molecule has 3 aromatic carbocycles. The molecule has 0 saturated heterocycles. The number of hydrogen-bond acceptors (Lipinski definition) is 6. The Labute approximate surface area is 188 Å². The maximum atomic E-state index is 13.7. The van der Waals surface area contributed by atoms with Gasteiger partial charge in [0.2, 0.25) is 5.13 Å². The zero-order chi connectivity index (χ0) is 22.7. The van der Waals surface area contributed by atoms with Gasteiger partial charge in [-0.05, 0) is 42.8 Å². The summed E-state index contributed by atoms with van der Waals surface area (Å²) in [6, 6.07) is 17.0. The number of amides is 1. The van der Waals surface area contributed by atoms with E-state index in [1.54, 1.807) is 30.5 Å². The molecule has 0 atom stereocenters. The maximum Gasteiger partial charge on any atom is 0.284 e. The third-order valence-electron chi connectivity index (χ3n) is 4.75. The summed E-state index contributed by atoms with van der Waals surface area (Å²) in [6.45, 7) is 1.99. The fourth-order valence-corrected chi connectivity index (χ4v) is 4.06. The topological polar surface area (TPSA) is 64.0 Å². The highest BCUT2D eigenvalue weighted by molar-refractivity contribution is 7.22. The van der Waals surface area contributed by atoms with Gasteiger partial charge in [-0.1, -0.05) is 47.2 Å². The second-order valence-corrected chi connectivity index (χ2v) is 7.93. The van der Waals surface area contributed by atoms with Gasteiger partial charge in [-0.2, -0.15) is 10.1 Å². The van der Waals surface area contributed by atoms with Gasteiger partial charge in [0, 0.05) is 0 Å². The number of carbonyl (C=O) groups excluding carboxylic acids is 1. The van der Waals surface area contributed by atoms with Crippen molar-refractivity contribution < 1.29 is 18.7 Å². The molecule has 32 heavy (non-hydrogen) atoms. The van der Waals surface area contributed by atoms with E-state index in [1.165, 1.54) is 42.7 Å². The van der Waals surface area contributed by atoms with E-state index >= 15 is 0 Å². The lowest BCUT2D eigenvalue weighted by atomic mass is 10.1. The predicted octanol–water partition coefficient (Wildman–Crippen LogP) is 5.44. The summed E-state index contributed by atoms with van der Waals surface area (Å²) >= 11 is 1.17. The zero-order valence-electron chi connectivity index (χ0n) is 17.7. The lowest BCUT2D eigenvalue weighted by molar-refractivity contribution is 0.0984. The highest BCUT2D eigenvalue weighted by atomic mass is 32.1. The average Bonchev–Trinajstić information content (AvgIpc) is 3.22. The molecule has 0 N–H and O–H groups in total. The van der Waals surface area contributed by atoms with Crippen molar-refractivity contribution in [2.75, 3.05) is 19.2 Å². The van der Waals surface area contributed by atoms with Gasteiger partial charge in [0.25, 0.3) is 5.91 Å². The molecule has 0 spiro atoms. The molecule has 8 heteroatoms. The Morgan fingerprint density at radius 1 is 1.09 bits per heavy atom. The number of hydrazone groups is 1. The van der Waals surface area contributed by atoms with E-state index in [4.69, 9.17) is 9.47 Å². The van der Waals surface area contributed by atoms with Crippen molar-refractivity contribution in [1.29, 1.82) is 0 Å². The summed E-state index contributed by atoms with van der Waals surface area (Å²) in [4.78, 5) is 18.1. The van der Waals surface area contributed by atoms with E-state index in [0.717, 1.165) is 11.1 Å². The first-order valence-electron chi connectivity index (χ1n) is 9.72. The first-order valence-corrected chi connectivity index (χ1v) is 10.5. The van der Waals surface area contributed by atoms with Crippen LogP contribution in [0, 0.1) is 12.7 Å². The SMILES string of the molecule is COc1cccc(C(=O)N(/N=C/c2ccc(C)cc2)c2nc3ccc(F)cc3s2)c1OC. The van der Waals surface area contributed by atoms with Crippen LogP contribution in [0.5, 0.6) is 11.5 Å². The highest BCUT2D eigenvalue weighted by Crippen LogP contribution is 2.35. The second kappa shape index (κ2) is 9.15. The number of carbonyl (C=O) groups is 1. The van der Waals surface area contributed by atoms with Gasteiger partial charge in [-0.25, -0.2) is 9.37 Å². The monoisotopic (exact) mass is 449 g/mol. The molecule has 6 nitrogen and oxygen atoms in total. The number of para-hydroxylation sites is 1. The molecule has 1 aromatic heterocycles. The minimum absolute atomic E-state index is 0.262. The summed E-state index contributed by atoms with van der Waals surface area (Å²) in [7, 11) is 2.97. The third-order valence-corrected chi connectivity index (χ3v) is 5.74. The Morgan fingerprint density at radius 3 is 2.59 bits per heavy atom. The van der Waals surface area contributed by atoms with Crippen LogP contribution in [0.4, 0.5) is 9.52 Å². The van der Waals surface area contributed by atoms with Gasteiger partial charge < -0.3 is 9.47 Å². The summed E-state index contributed by atoms with van der Waals surface area (Å²) < 4.78 is 25.1. The predicted molar refractivity (Wildman–Crippen MR) is 125 cm³/mol. The van der Waals surface area contributed by atoms with Gasteiger partial charge in [-0.3, -0.25) is 4.79 Å². The molecule has 0 aliphatic heterocycles. The first kappa shape index (κ1) is 21.5. The number of benzene rings is 3. The molecule has 4 rings (SSSR count). The summed E-state index contributed by atoms with van der Waals surface area (Å²) in [6.07, 6.45) is 1.58. The molecule has 0 saturated carbocycles. The number of aromatic nitrogens is 1. The first-order chi connectivity index (χ1) is 15.5. The fourth-order valence-electron chi connectivity index (χ4n) is 3.11. The van der Waals surface area contributed by atoms with Crippen LogP contribution in [-0.2, 0) is 0 Å². The molecular formula is C24H20FN3O3S. The highest BCUT2D eigenvalue weighted by Gasteiger charge is 2.25. The fraction of sp³-hybridized carbons (Fsp3) is 0.125. The third kappa shape index (κ3) is 4.31. The van der Waals surface area contributed by atoms with Gasteiger partial charge >= 0.3 is 0 Å². The van der Waals surface area contributed by atoms with Crippen LogP contribution < -0.4 is 14.5 Å². The van der Waals surface area contributed by atoms with Crippen molar-refractivity contribution in [3.8, 4) is 11.5 Å². The molecule has 4 aromatic rings. The molecule has 0 unspecified atom stereocenters. The van der Waals surface area contributed by atoms with E-state index in [2.05, 4.69) is 10.1 Å². The van der Waals surface area contributed by atoms with Gasteiger partial charge in [0.15, 0.2) is 11.5 Å². The quantitative estimate of drug-likeness (QED) is 0.290. The van der Waals surface area contributed by atoms with E-state index in [-0.39, 0.29) is 11.4 Å². The number of fused-ring (bicyclic) bond motifs is 1. The maximum absolute atomic E-state index is 13.7. The van der Waals surface area contributed by atoms with Crippen LogP contribution in [0.15, 0.2) is 65.8 Å². The van der Waals surface area contributed by atoms with E-state index in [1.807, 2.05) is 31.2 Å². The van der Waals surface area contributed by atoms with Crippen LogP contribution >= 0.6 is 11.3 Å². The lowest BCUT2D eigenvalue weighted by Gasteiger charge is -2.17. The van der Waals surface area contributed by atoms with Crippen LogP contribution in [0.3, 0.4) is 0 Å². The molecule has 0 bridgehead atoms. The van der Waals surface area contributed by atoms with Crippen LogP contribution in [0.2, 0.25) is 0 Å². The van der Waals surface area contributed by atoms with Crippen molar-refractivity contribution in [2.45, 2.75) is 6.92 Å². The Hall–Kier alpha value is -3.78. The molecule has 1 heterocycles. The molecule has 162 valence electrons. The standard InChI is InChI=1S/C24H20FN3O3S/c1-15-7-9-16(10-8-15)14-26-28(24-27-19-12-11-17(25)13-21(19)32-24)23(29)18-5-4-6-20(30-2)22(18)31-3/h4-14H,1-3H3/b26-14+.